The van der Waals surface area contributed by atoms with Crippen LogP contribution < -0.4 is 15.0 Å². The van der Waals surface area contributed by atoms with Crippen molar-refractivity contribution in [1.29, 1.82) is 0 Å². The van der Waals surface area contributed by atoms with E-state index in [9.17, 15) is 22.4 Å². The average Bonchev–Trinajstić information content (AvgIpc) is 3.36. The predicted octanol–water partition coefficient (Wildman–Crippen LogP) is 5.93. The Hall–Kier alpha value is -3.37. The molecule has 0 saturated carbocycles. The lowest BCUT2D eigenvalue weighted by Gasteiger charge is -2.42. The average molecular weight is 591 g/mol. The SMILES string of the molecule is COc1ccc(F)cc1-c1ccc(C2(C(=O)N[C@H]3CCN(C)C3)CCN(c3ccc(C(F)(F)F)cc3Cl)CC2)cn1. The van der Waals surface area contributed by atoms with Gasteiger partial charge in [0.05, 0.1) is 34.5 Å². The van der Waals surface area contributed by atoms with Gasteiger partial charge in [0.1, 0.15) is 11.6 Å². The number of halogens is 5. The Kier molecular flexibility index (Phi) is 8.16. The number of aromatic nitrogens is 1. The van der Waals surface area contributed by atoms with E-state index in [1.54, 1.807) is 12.3 Å². The van der Waals surface area contributed by atoms with Gasteiger partial charge in [-0.3, -0.25) is 9.78 Å². The Morgan fingerprint density at radius 1 is 1.10 bits per heavy atom. The molecular formula is C30H31ClF4N4O2. The normalized spacial score (nSPS) is 19.3. The number of alkyl halides is 3. The third-order valence-electron chi connectivity index (χ3n) is 8.15. The lowest BCUT2D eigenvalue weighted by atomic mass is 9.72. The van der Waals surface area contributed by atoms with E-state index in [0.29, 0.717) is 48.6 Å². The summed E-state index contributed by atoms with van der Waals surface area (Å²) in [7, 11) is 3.51. The fraction of sp³-hybridized carbons (Fsp3) is 0.400. The van der Waals surface area contributed by atoms with Crippen LogP contribution in [0.25, 0.3) is 11.3 Å². The monoisotopic (exact) mass is 590 g/mol. The number of likely N-dealkylation sites (tertiary alicyclic amines) is 1. The highest BCUT2D eigenvalue weighted by atomic mass is 35.5. The number of benzene rings is 2. The van der Waals surface area contributed by atoms with Crippen molar-refractivity contribution < 1.29 is 27.1 Å². The number of pyridine rings is 1. The highest BCUT2D eigenvalue weighted by Crippen LogP contribution is 2.41. The number of hydrogen-bond acceptors (Lipinski definition) is 5. The molecule has 0 aliphatic carbocycles. The number of nitrogens with one attached hydrogen (secondary N) is 1. The molecule has 3 aromatic rings. The zero-order valence-electron chi connectivity index (χ0n) is 22.8. The van der Waals surface area contributed by atoms with Crippen molar-refractivity contribution in [2.75, 3.05) is 45.2 Å². The molecule has 1 aromatic heterocycles. The Bertz CT molecular complexity index is 1410. The van der Waals surface area contributed by atoms with Crippen molar-refractivity contribution in [3.05, 3.63) is 76.7 Å². The molecule has 41 heavy (non-hydrogen) atoms. The fourth-order valence-corrected chi connectivity index (χ4v) is 6.11. The Morgan fingerprint density at radius 3 is 2.44 bits per heavy atom. The first-order chi connectivity index (χ1) is 19.5. The summed E-state index contributed by atoms with van der Waals surface area (Å²) >= 11 is 6.29. The number of piperidine rings is 1. The standard InChI is InChI=1S/C30H31ClF4N4O2/c1-38-12-9-22(18-38)37-28(40)29(20-3-6-25(36-17-20)23-16-21(32)5-8-27(23)41-2)10-13-39(14-11-29)26-7-4-19(15-24(26)31)30(33,34)35/h3-8,15-17,22H,9-14,18H2,1-2H3,(H,37,40)/t22-/m0/s1. The van der Waals surface area contributed by atoms with Crippen molar-refractivity contribution in [2.24, 2.45) is 0 Å². The van der Waals surface area contributed by atoms with Crippen LogP contribution in [0, 0.1) is 5.82 Å². The second-order valence-corrected chi connectivity index (χ2v) is 11.1. The minimum Gasteiger partial charge on any atom is -0.496 e. The molecule has 0 radical (unpaired) electrons. The van der Waals surface area contributed by atoms with Crippen molar-refractivity contribution in [3.8, 4) is 17.0 Å². The molecule has 0 bridgehead atoms. The zero-order valence-corrected chi connectivity index (χ0v) is 23.5. The van der Waals surface area contributed by atoms with Crippen LogP contribution in [-0.2, 0) is 16.4 Å². The van der Waals surface area contributed by atoms with E-state index in [2.05, 4.69) is 15.2 Å². The van der Waals surface area contributed by atoms with Crippen molar-refractivity contribution in [3.63, 3.8) is 0 Å². The molecule has 1 N–H and O–H groups in total. The molecule has 218 valence electrons. The Morgan fingerprint density at radius 2 is 1.85 bits per heavy atom. The summed E-state index contributed by atoms with van der Waals surface area (Å²) in [5.41, 5.74) is 0.509. The summed E-state index contributed by atoms with van der Waals surface area (Å²) < 4.78 is 58.9. The second kappa shape index (κ2) is 11.5. The molecule has 1 amide bonds. The van der Waals surface area contributed by atoms with Gasteiger partial charge in [-0.1, -0.05) is 17.7 Å². The molecule has 2 aliphatic heterocycles. The fourth-order valence-electron chi connectivity index (χ4n) is 5.81. The van der Waals surface area contributed by atoms with E-state index in [4.69, 9.17) is 16.3 Å². The molecule has 2 aromatic carbocycles. The maximum absolute atomic E-state index is 14.0. The van der Waals surface area contributed by atoms with Crippen molar-refractivity contribution >= 4 is 23.2 Å². The Labute approximate surface area is 241 Å². The predicted molar refractivity (Wildman–Crippen MR) is 150 cm³/mol. The van der Waals surface area contributed by atoms with E-state index in [0.717, 1.165) is 37.2 Å². The molecule has 3 heterocycles. The molecule has 1 atom stereocenters. The van der Waals surface area contributed by atoms with Gasteiger partial charge in [-0.2, -0.15) is 13.2 Å². The van der Waals surface area contributed by atoms with E-state index in [1.807, 2.05) is 18.0 Å². The van der Waals surface area contributed by atoms with Crippen LogP contribution in [-0.4, -0.2) is 62.2 Å². The van der Waals surface area contributed by atoms with Gasteiger partial charge < -0.3 is 19.9 Å². The number of ether oxygens (including phenoxy) is 1. The summed E-state index contributed by atoms with van der Waals surface area (Å²) in [6, 6.07) is 11.2. The first-order valence-corrected chi connectivity index (χ1v) is 13.8. The van der Waals surface area contributed by atoms with Gasteiger partial charge in [0.15, 0.2) is 0 Å². The van der Waals surface area contributed by atoms with Crippen LogP contribution in [0.15, 0.2) is 54.7 Å². The first-order valence-electron chi connectivity index (χ1n) is 13.4. The van der Waals surface area contributed by atoms with Crippen LogP contribution in [0.5, 0.6) is 5.75 Å². The number of amides is 1. The van der Waals surface area contributed by atoms with E-state index in [1.165, 1.54) is 31.4 Å². The van der Waals surface area contributed by atoms with Crippen LogP contribution in [0.1, 0.15) is 30.4 Å². The summed E-state index contributed by atoms with van der Waals surface area (Å²) in [5.74, 6) is -0.0432. The lowest BCUT2D eigenvalue weighted by molar-refractivity contribution is -0.137. The molecule has 0 spiro atoms. The second-order valence-electron chi connectivity index (χ2n) is 10.7. The topological polar surface area (TPSA) is 57.7 Å². The highest BCUT2D eigenvalue weighted by molar-refractivity contribution is 6.33. The number of carbonyl (C=O) groups is 1. The van der Waals surface area contributed by atoms with Crippen LogP contribution in [0.3, 0.4) is 0 Å². The third kappa shape index (κ3) is 5.99. The summed E-state index contributed by atoms with van der Waals surface area (Å²) in [4.78, 5) is 22.6. The zero-order chi connectivity index (χ0) is 29.4. The van der Waals surface area contributed by atoms with Crippen LogP contribution in [0.2, 0.25) is 5.02 Å². The van der Waals surface area contributed by atoms with E-state index >= 15 is 0 Å². The third-order valence-corrected chi connectivity index (χ3v) is 8.45. The minimum atomic E-state index is -4.49. The Balaban J connectivity index is 1.43. The maximum Gasteiger partial charge on any atom is 0.416 e. The van der Waals surface area contributed by atoms with Crippen LogP contribution in [0.4, 0.5) is 23.2 Å². The molecule has 2 saturated heterocycles. The van der Waals surface area contributed by atoms with Crippen molar-refractivity contribution in [1.82, 2.24) is 15.2 Å². The first kappa shape index (κ1) is 29.1. The summed E-state index contributed by atoms with van der Waals surface area (Å²) in [6.07, 6.45) is -1.17. The van der Waals surface area contributed by atoms with Crippen molar-refractivity contribution in [2.45, 2.75) is 36.9 Å². The minimum absolute atomic E-state index is 0.0147. The number of hydrogen-bond donors (Lipinski definition) is 1. The van der Waals surface area contributed by atoms with Gasteiger partial charge in [0.2, 0.25) is 5.91 Å². The van der Waals surface area contributed by atoms with Gasteiger partial charge in [0.25, 0.3) is 0 Å². The summed E-state index contributed by atoms with van der Waals surface area (Å²) in [5, 5.41) is 3.25. The largest absolute Gasteiger partial charge is 0.496 e. The van der Waals surface area contributed by atoms with E-state index < -0.39 is 23.0 Å². The number of anilines is 1. The number of methoxy groups -OCH3 is 1. The van der Waals surface area contributed by atoms with Crippen LogP contribution >= 0.6 is 11.6 Å². The number of carbonyl (C=O) groups excluding carboxylic acids is 1. The van der Waals surface area contributed by atoms with Gasteiger partial charge in [-0.15, -0.1) is 0 Å². The van der Waals surface area contributed by atoms with Gasteiger partial charge in [0, 0.05) is 37.4 Å². The quantitative estimate of drug-likeness (QED) is 0.361. The smallest absolute Gasteiger partial charge is 0.416 e. The summed E-state index contributed by atoms with van der Waals surface area (Å²) in [6.45, 7) is 2.46. The van der Waals surface area contributed by atoms with Gasteiger partial charge in [-0.05, 0) is 80.9 Å². The van der Waals surface area contributed by atoms with Gasteiger partial charge in [-0.25, -0.2) is 4.39 Å². The number of nitrogens with zero attached hydrogens (tertiary/aromatic N) is 3. The van der Waals surface area contributed by atoms with E-state index in [-0.39, 0.29) is 17.0 Å². The molecular weight excluding hydrogens is 560 g/mol. The number of rotatable bonds is 6. The number of likely N-dealkylation sites (N-methyl/N-ethyl adjacent to an activating group) is 1. The molecule has 11 heteroatoms. The molecule has 2 aliphatic rings. The molecule has 5 rings (SSSR count). The molecule has 2 fully saturated rings. The molecule has 0 unspecified atom stereocenters. The molecule has 6 nitrogen and oxygen atoms in total. The maximum atomic E-state index is 14.0. The lowest BCUT2D eigenvalue weighted by Crippen LogP contribution is -2.54. The van der Waals surface area contributed by atoms with Gasteiger partial charge >= 0.3 is 6.18 Å². The highest BCUT2D eigenvalue weighted by Gasteiger charge is 2.44.